The van der Waals surface area contributed by atoms with Gasteiger partial charge in [-0.15, -0.1) is 5.10 Å². The van der Waals surface area contributed by atoms with Crippen molar-refractivity contribution >= 4 is 22.5 Å². The molecular weight excluding hydrogens is 552 g/mol. The summed E-state index contributed by atoms with van der Waals surface area (Å²) in [7, 11) is 3.32. The molecule has 230 valence electrons. The number of aromatic nitrogens is 5. The first-order valence-electron chi connectivity index (χ1n) is 14.4. The van der Waals surface area contributed by atoms with Gasteiger partial charge in [0.05, 0.1) is 36.9 Å². The predicted molar refractivity (Wildman–Crippen MR) is 162 cm³/mol. The third kappa shape index (κ3) is 9.10. The van der Waals surface area contributed by atoms with Gasteiger partial charge in [-0.05, 0) is 42.7 Å². The monoisotopic (exact) mass is 592 g/mol. The van der Waals surface area contributed by atoms with Gasteiger partial charge in [-0.25, -0.2) is 14.6 Å². The summed E-state index contributed by atoms with van der Waals surface area (Å²) in [5, 5.41) is 11.6. The molecule has 0 spiro atoms. The SMILES string of the molecule is CCCCOC.COc1cc2c(Oc3ccc(NC(=O)Cn4cc(C(C)C)nn4)cc3)ncnc2cc1OC1CCOC1. The number of fused-ring (bicyclic) bond motifs is 1. The fraction of sp³-hybridized carbons (Fsp3) is 0.452. The highest BCUT2D eigenvalue weighted by atomic mass is 16.6. The first kappa shape index (κ1) is 31.6. The summed E-state index contributed by atoms with van der Waals surface area (Å²) < 4.78 is 29.4. The minimum atomic E-state index is -0.204. The number of rotatable bonds is 12. The van der Waals surface area contributed by atoms with Crippen LogP contribution in [0.3, 0.4) is 0 Å². The number of anilines is 1. The second kappa shape index (κ2) is 15.8. The van der Waals surface area contributed by atoms with Crippen molar-refractivity contribution in [1.82, 2.24) is 25.0 Å². The van der Waals surface area contributed by atoms with E-state index in [0.717, 1.165) is 18.7 Å². The lowest BCUT2D eigenvalue weighted by Gasteiger charge is -2.16. The Morgan fingerprint density at radius 2 is 1.95 bits per heavy atom. The van der Waals surface area contributed by atoms with Gasteiger partial charge in [0.25, 0.3) is 0 Å². The Morgan fingerprint density at radius 1 is 1.14 bits per heavy atom. The molecule has 2 aromatic carbocycles. The van der Waals surface area contributed by atoms with Crippen LogP contribution >= 0.6 is 0 Å². The standard InChI is InChI=1S/C26H28N6O5.C5H12O/c1-16(2)22-12-32(31-30-22)13-25(33)29-17-4-6-18(7-5-17)37-26-20-10-23(34-3)24(11-21(20)27-15-28-26)36-19-8-9-35-14-19;1-3-4-5-6-2/h4-7,10-12,15-16,19H,8-9,13-14H2,1-3H3,(H,29,33);3-5H2,1-2H3. The van der Waals surface area contributed by atoms with Gasteiger partial charge in [-0.3, -0.25) is 4.79 Å². The van der Waals surface area contributed by atoms with Crippen molar-refractivity contribution in [2.75, 3.05) is 39.4 Å². The molecule has 0 bridgehead atoms. The first-order chi connectivity index (χ1) is 20.9. The molecule has 0 radical (unpaired) electrons. The molecule has 5 rings (SSSR count). The zero-order valence-corrected chi connectivity index (χ0v) is 25.4. The fourth-order valence-electron chi connectivity index (χ4n) is 4.17. The smallest absolute Gasteiger partial charge is 0.246 e. The topological polar surface area (TPSA) is 132 Å². The number of carbonyl (C=O) groups is 1. The number of carbonyl (C=O) groups excluding carboxylic acids is 1. The van der Waals surface area contributed by atoms with Crippen molar-refractivity contribution in [1.29, 1.82) is 0 Å². The summed E-state index contributed by atoms with van der Waals surface area (Å²) in [6.45, 7) is 8.43. The van der Waals surface area contributed by atoms with Crippen molar-refractivity contribution in [2.24, 2.45) is 0 Å². The first-order valence-corrected chi connectivity index (χ1v) is 14.4. The largest absolute Gasteiger partial charge is 0.493 e. The van der Waals surface area contributed by atoms with Crippen LogP contribution in [0.25, 0.3) is 10.9 Å². The third-order valence-electron chi connectivity index (χ3n) is 6.57. The molecule has 1 fully saturated rings. The number of ether oxygens (including phenoxy) is 5. The summed E-state index contributed by atoms with van der Waals surface area (Å²) in [4.78, 5) is 21.1. The Hall–Kier alpha value is -4.29. The van der Waals surface area contributed by atoms with Crippen LogP contribution in [0.1, 0.15) is 51.6 Å². The number of hydrogen-bond acceptors (Lipinski definition) is 10. The molecule has 1 atom stereocenters. The van der Waals surface area contributed by atoms with Crippen LogP contribution in [-0.4, -0.2) is 71.0 Å². The Kier molecular flexibility index (Phi) is 11.6. The Balaban J connectivity index is 0.000000641. The Bertz CT molecular complexity index is 1450. The van der Waals surface area contributed by atoms with E-state index in [9.17, 15) is 4.79 Å². The van der Waals surface area contributed by atoms with E-state index in [2.05, 4.69) is 32.5 Å². The molecule has 0 saturated carbocycles. The van der Waals surface area contributed by atoms with Crippen molar-refractivity contribution in [3.8, 4) is 23.1 Å². The normalized spacial score (nSPS) is 14.3. The van der Waals surface area contributed by atoms with E-state index in [1.807, 2.05) is 19.9 Å². The number of amides is 1. The summed E-state index contributed by atoms with van der Waals surface area (Å²) in [6, 6.07) is 10.6. The van der Waals surface area contributed by atoms with E-state index in [1.165, 1.54) is 23.9 Å². The molecule has 12 nitrogen and oxygen atoms in total. The summed E-state index contributed by atoms with van der Waals surface area (Å²) in [6.07, 6.45) is 6.45. The number of benzene rings is 2. The highest BCUT2D eigenvalue weighted by Crippen LogP contribution is 2.37. The van der Waals surface area contributed by atoms with E-state index >= 15 is 0 Å². The zero-order chi connectivity index (χ0) is 30.6. The van der Waals surface area contributed by atoms with Gasteiger partial charge >= 0.3 is 0 Å². The molecule has 0 aliphatic carbocycles. The van der Waals surface area contributed by atoms with Gasteiger partial charge in [0.15, 0.2) is 11.5 Å². The highest BCUT2D eigenvalue weighted by Gasteiger charge is 2.21. The average molecular weight is 593 g/mol. The van der Waals surface area contributed by atoms with Gasteiger partial charge < -0.3 is 29.0 Å². The van der Waals surface area contributed by atoms with Crippen molar-refractivity contribution < 1.29 is 28.5 Å². The van der Waals surface area contributed by atoms with E-state index in [-0.39, 0.29) is 24.5 Å². The van der Waals surface area contributed by atoms with Crippen molar-refractivity contribution in [2.45, 2.75) is 58.6 Å². The van der Waals surface area contributed by atoms with E-state index in [0.29, 0.717) is 52.9 Å². The van der Waals surface area contributed by atoms with Gasteiger partial charge in [0, 0.05) is 38.1 Å². The summed E-state index contributed by atoms with van der Waals surface area (Å²) in [5.41, 5.74) is 2.14. The van der Waals surface area contributed by atoms with Crippen LogP contribution in [0, 0.1) is 0 Å². The second-order valence-electron chi connectivity index (χ2n) is 10.3. The van der Waals surface area contributed by atoms with E-state index < -0.39 is 0 Å². The van der Waals surface area contributed by atoms with Gasteiger partial charge in [-0.1, -0.05) is 32.4 Å². The van der Waals surface area contributed by atoms with Crippen LogP contribution in [-0.2, 0) is 20.8 Å². The molecule has 43 heavy (non-hydrogen) atoms. The lowest BCUT2D eigenvalue weighted by atomic mass is 10.2. The Labute approximate surface area is 251 Å². The molecule has 1 unspecified atom stereocenters. The van der Waals surface area contributed by atoms with Gasteiger partial charge in [-0.2, -0.15) is 0 Å². The molecule has 1 N–H and O–H groups in total. The molecule has 2 aromatic heterocycles. The molecule has 1 aliphatic rings. The number of methoxy groups -OCH3 is 2. The van der Waals surface area contributed by atoms with E-state index in [1.54, 1.807) is 50.7 Å². The number of hydrogen-bond donors (Lipinski definition) is 1. The maximum atomic E-state index is 12.4. The Morgan fingerprint density at radius 3 is 2.58 bits per heavy atom. The fourth-order valence-corrected chi connectivity index (χ4v) is 4.17. The maximum absolute atomic E-state index is 12.4. The lowest BCUT2D eigenvalue weighted by Crippen LogP contribution is -2.19. The minimum absolute atomic E-state index is 0.0170. The van der Waals surface area contributed by atoms with Gasteiger partial charge in [0.2, 0.25) is 11.8 Å². The molecular formula is C31H40N6O6. The second-order valence-corrected chi connectivity index (χ2v) is 10.3. The zero-order valence-electron chi connectivity index (χ0n) is 25.4. The van der Waals surface area contributed by atoms with Crippen LogP contribution in [0.2, 0.25) is 0 Å². The highest BCUT2D eigenvalue weighted by molar-refractivity contribution is 5.90. The molecule has 3 heterocycles. The quantitative estimate of drug-likeness (QED) is 0.214. The molecule has 1 amide bonds. The van der Waals surface area contributed by atoms with E-state index in [4.69, 9.17) is 23.7 Å². The van der Waals surface area contributed by atoms with Crippen molar-refractivity contribution in [3.05, 3.63) is 54.6 Å². The number of unbranched alkanes of at least 4 members (excludes halogenated alkanes) is 1. The molecule has 1 saturated heterocycles. The summed E-state index contributed by atoms with van der Waals surface area (Å²) >= 11 is 0. The van der Waals surface area contributed by atoms with Crippen LogP contribution in [0.15, 0.2) is 48.9 Å². The number of nitrogens with one attached hydrogen (secondary N) is 1. The lowest BCUT2D eigenvalue weighted by molar-refractivity contribution is -0.116. The number of nitrogens with zero attached hydrogens (tertiary/aromatic N) is 5. The van der Waals surface area contributed by atoms with Crippen LogP contribution in [0.5, 0.6) is 23.1 Å². The maximum Gasteiger partial charge on any atom is 0.246 e. The molecule has 12 heteroatoms. The van der Waals surface area contributed by atoms with Crippen LogP contribution in [0.4, 0.5) is 5.69 Å². The average Bonchev–Trinajstić information content (AvgIpc) is 3.70. The summed E-state index contributed by atoms with van der Waals surface area (Å²) in [5.74, 6) is 2.14. The van der Waals surface area contributed by atoms with Crippen LogP contribution < -0.4 is 19.5 Å². The minimum Gasteiger partial charge on any atom is -0.493 e. The third-order valence-corrected chi connectivity index (χ3v) is 6.57. The van der Waals surface area contributed by atoms with Crippen molar-refractivity contribution in [3.63, 3.8) is 0 Å². The van der Waals surface area contributed by atoms with Gasteiger partial charge in [0.1, 0.15) is 24.7 Å². The predicted octanol–water partition coefficient (Wildman–Crippen LogP) is 5.38. The molecule has 4 aromatic rings. The molecule has 1 aliphatic heterocycles.